The highest BCUT2D eigenvalue weighted by molar-refractivity contribution is 5.83. The highest BCUT2D eigenvalue weighted by Gasteiger charge is 2.10. The van der Waals surface area contributed by atoms with Crippen molar-refractivity contribution in [2.24, 2.45) is 0 Å². The van der Waals surface area contributed by atoms with Crippen molar-refractivity contribution >= 4 is 10.9 Å². The molecule has 2 aromatic rings. The van der Waals surface area contributed by atoms with Gasteiger partial charge in [0.25, 0.3) is 0 Å². The predicted molar refractivity (Wildman–Crippen MR) is 67.6 cm³/mol. The van der Waals surface area contributed by atoms with Gasteiger partial charge in [-0.15, -0.1) is 0 Å². The van der Waals surface area contributed by atoms with Crippen molar-refractivity contribution in [3.05, 3.63) is 41.6 Å². The van der Waals surface area contributed by atoms with Crippen molar-refractivity contribution in [1.29, 1.82) is 0 Å². The van der Waals surface area contributed by atoms with Gasteiger partial charge in [0.15, 0.2) is 0 Å². The summed E-state index contributed by atoms with van der Waals surface area (Å²) >= 11 is 0. The van der Waals surface area contributed by atoms with Crippen molar-refractivity contribution in [3.8, 4) is 0 Å². The molecule has 0 radical (unpaired) electrons. The van der Waals surface area contributed by atoms with Crippen molar-refractivity contribution < 1.29 is 0 Å². The summed E-state index contributed by atoms with van der Waals surface area (Å²) in [5.74, 6) is 0. The fourth-order valence-electron chi connectivity index (χ4n) is 2.72. The third-order valence-corrected chi connectivity index (χ3v) is 3.60. The first-order chi connectivity index (χ1) is 7.95. The van der Waals surface area contributed by atoms with Gasteiger partial charge in [0, 0.05) is 11.6 Å². The van der Waals surface area contributed by atoms with Crippen LogP contribution in [0.25, 0.3) is 10.9 Å². The minimum atomic E-state index is 1.15. The number of fused-ring (bicyclic) bond motifs is 3. The molecule has 1 aliphatic rings. The maximum Gasteiger partial charge on any atom is 0.0704 e. The van der Waals surface area contributed by atoms with Crippen LogP contribution in [-0.4, -0.2) is 4.98 Å². The van der Waals surface area contributed by atoms with Crippen LogP contribution in [0.2, 0.25) is 0 Å². The van der Waals surface area contributed by atoms with E-state index < -0.39 is 0 Å². The Kier molecular flexibility index (Phi) is 2.61. The molecule has 1 nitrogen and oxygen atoms in total. The average Bonchev–Trinajstić information content (AvgIpc) is 2.29. The number of pyridine rings is 1. The minimum Gasteiger partial charge on any atom is -0.256 e. The highest BCUT2D eigenvalue weighted by atomic mass is 14.7. The van der Waals surface area contributed by atoms with Crippen molar-refractivity contribution in [1.82, 2.24) is 4.98 Å². The number of rotatable bonds is 0. The predicted octanol–water partition coefficient (Wildman–Crippen LogP) is 3.89. The molecule has 0 saturated heterocycles. The van der Waals surface area contributed by atoms with E-state index in [1.54, 1.807) is 5.56 Å². The van der Waals surface area contributed by atoms with Gasteiger partial charge in [0.2, 0.25) is 0 Å². The molecular formula is C15H17N. The van der Waals surface area contributed by atoms with Gasteiger partial charge >= 0.3 is 0 Å². The fourth-order valence-corrected chi connectivity index (χ4v) is 2.72. The molecule has 1 aromatic heterocycles. The van der Waals surface area contributed by atoms with E-state index >= 15 is 0 Å². The quantitative estimate of drug-likeness (QED) is 0.644. The Bertz CT molecular complexity index is 502. The van der Waals surface area contributed by atoms with Gasteiger partial charge in [-0.2, -0.15) is 0 Å². The van der Waals surface area contributed by atoms with Gasteiger partial charge in [-0.25, -0.2) is 0 Å². The lowest BCUT2D eigenvalue weighted by atomic mass is 9.92. The SMILES string of the molecule is c1ccc2c3c(cnc2c1)CCCCCC3. The topological polar surface area (TPSA) is 12.9 Å². The number of aryl methyl sites for hydroxylation is 2. The van der Waals surface area contributed by atoms with Gasteiger partial charge in [-0.3, -0.25) is 4.98 Å². The Hall–Kier alpha value is -1.37. The van der Waals surface area contributed by atoms with Gasteiger partial charge in [0.1, 0.15) is 0 Å². The molecule has 0 unspecified atom stereocenters. The molecule has 3 rings (SSSR count). The van der Waals surface area contributed by atoms with Gasteiger partial charge in [-0.05, 0) is 42.9 Å². The lowest BCUT2D eigenvalue weighted by molar-refractivity contribution is 0.618. The normalized spacial score (nSPS) is 16.5. The number of benzene rings is 1. The Morgan fingerprint density at radius 3 is 2.62 bits per heavy atom. The Balaban J connectivity index is 2.18. The van der Waals surface area contributed by atoms with Gasteiger partial charge in [-0.1, -0.05) is 31.0 Å². The first kappa shape index (κ1) is 9.83. The standard InChI is InChI=1S/C15H17N/c1-2-4-8-13-12(7-3-1)11-16-15-10-6-5-9-14(13)15/h5-6,9-11H,1-4,7-8H2. The molecule has 1 aromatic carbocycles. The summed E-state index contributed by atoms with van der Waals surface area (Å²) in [7, 11) is 0. The molecule has 1 heterocycles. The molecule has 16 heavy (non-hydrogen) atoms. The number of aromatic nitrogens is 1. The summed E-state index contributed by atoms with van der Waals surface area (Å²) in [6, 6.07) is 8.55. The monoisotopic (exact) mass is 211 g/mol. The van der Waals surface area contributed by atoms with E-state index in [1.807, 2.05) is 0 Å². The Morgan fingerprint density at radius 1 is 0.875 bits per heavy atom. The molecule has 0 bridgehead atoms. The van der Waals surface area contributed by atoms with Gasteiger partial charge in [0.05, 0.1) is 5.52 Å². The van der Waals surface area contributed by atoms with Gasteiger partial charge < -0.3 is 0 Å². The Labute approximate surface area is 96.5 Å². The summed E-state index contributed by atoms with van der Waals surface area (Å²) in [4.78, 5) is 4.57. The zero-order valence-electron chi connectivity index (χ0n) is 9.58. The molecule has 0 aliphatic heterocycles. The maximum absolute atomic E-state index is 4.57. The van der Waals surface area contributed by atoms with E-state index in [9.17, 15) is 0 Å². The Morgan fingerprint density at radius 2 is 1.69 bits per heavy atom. The van der Waals surface area contributed by atoms with E-state index in [0.29, 0.717) is 0 Å². The summed E-state index contributed by atoms with van der Waals surface area (Å²) in [5, 5.41) is 1.38. The van der Waals surface area contributed by atoms with Crippen molar-refractivity contribution in [2.45, 2.75) is 38.5 Å². The largest absolute Gasteiger partial charge is 0.256 e. The molecular weight excluding hydrogens is 194 g/mol. The molecule has 0 atom stereocenters. The second-order valence-corrected chi connectivity index (χ2v) is 4.69. The number of hydrogen-bond donors (Lipinski definition) is 0. The van der Waals surface area contributed by atoms with E-state index in [0.717, 1.165) is 5.52 Å². The minimum absolute atomic E-state index is 1.15. The van der Waals surface area contributed by atoms with Crippen LogP contribution in [-0.2, 0) is 12.8 Å². The van der Waals surface area contributed by atoms with Crippen LogP contribution in [0, 0.1) is 0 Å². The number of para-hydroxylation sites is 1. The lowest BCUT2D eigenvalue weighted by Crippen LogP contribution is -2.01. The highest BCUT2D eigenvalue weighted by Crippen LogP contribution is 2.26. The fraction of sp³-hybridized carbons (Fsp3) is 0.400. The van der Waals surface area contributed by atoms with Crippen molar-refractivity contribution in [3.63, 3.8) is 0 Å². The second kappa shape index (κ2) is 4.25. The van der Waals surface area contributed by atoms with Crippen LogP contribution in [0.4, 0.5) is 0 Å². The second-order valence-electron chi connectivity index (χ2n) is 4.69. The van der Waals surface area contributed by atoms with Crippen LogP contribution >= 0.6 is 0 Å². The van der Waals surface area contributed by atoms with E-state index in [4.69, 9.17) is 0 Å². The van der Waals surface area contributed by atoms with E-state index in [1.165, 1.54) is 49.5 Å². The van der Waals surface area contributed by atoms with Crippen LogP contribution in [0.15, 0.2) is 30.5 Å². The third-order valence-electron chi connectivity index (χ3n) is 3.60. The summed E-state index contributed by atoms with van der Waals surface area (Å²) in [6.45, 7) is 0. The van der Waals surface area contributed by atoms with Crippen LogP contribution in [0.3, 0.4) is 0 Å². The summed E-state index contributed by atoms with van der Waals surface area (Å²) < 4.78 is 0. The summed E-state index contributed by atoms with van der Waals surface area (Å²) in [6.07, 6.45) is 9.98. The van der Waals surface area contributed by atoms with Crippen molar-refractivity contribution in [2.75, 3.05) is 0 Å². The maximum atomic E-state index is 4.57. The molecule has 82 valence electrons. The lowest BCUT2D eigenvalue weighted by Gasteiger charge is -2.15. The molecule has 1 heteroatoms. The van der Waals surface area contributed by atoms with E-state index in [2.05, 4.69) is 35.4 Å². The first-order valence-corrected chi connectivity index (χ1v) is 6.30. The molecule has 0 saturated carbocycles. The van der Waals surface area contributed by atoms with E-state index in [-0.39, 0.29) is 0 Å². The van der Waals surface area contributed by atoms with Crippen LogP contribution in [0.1, 0.15) is 36.8 Å². The third kappa shape index (κ3) is 1.71. The zero-order chi connectivity index (χ0) is 10.8. The molecule has 0 amide bonds. The number of hydrogen-bond acceptors (Lipinski definition) is 1. The molecule has 0 spiro atoms. The van der Waals surface area contributed by atoms with Crippen LogP contribution in [0.5, 0.6) is 0 Å². The van der Waals surface area contributed by atoms with Crippen LogP contribution < -0.4 is 0 Å². The zero-order valence-corrected chi connectivity index (χ0v) is 9.58. The first-order valence-electron chi connectivity index (χ1n) is 6.30. The molecule has 0 N–H and O–H groups in total. The summed E-state index contributed by atoms with van der Waals surface area (Å²) in [5.41, 5.74) is 4.20. The average molecular weight is 211 g/mol. The molecule has 0 fully saturated rings. The molecule has 1 aliphatic carbocycles. The smallest absolute Gasteiger partial charge is 0.0704 e. The number of nitrogens with zero attached hydrogens (tertiary/aromatic N) is 1.